The molecule has 451 valence electrons. The number of fused-ring (bicyclic) bond motifs is 2. The number of allylic oxidation sites excluding steroid dienone is 1. The Balaban J connectivity index is 0.000000255. The van der Waals surface area contributed by atoms with E-state index >= 15 is 0 Å². The average molecular weight is 1230 g/mol. The van der Waals surface area contributed by atoms with E-state index in [1.807, 2.05) is 177 Å². The molecule has 0 amide bonds. The Bertz CT molecular complexity index is 3630. The number of hydrogen-bond donors (Lipinski definition) is 4. The number of sulfonamides is 2. The van der Waals surface area contributed by atoms with Crippen molar-refractivity contribution in [2.45, 2.75) is 118 Å². The van der Waals surface area contributed by atoms with Crippen molar-refractivity contribution < 1.29 is 44.9 Å². The molecular formula is C66H84N10O6S2V. The van der Waals surface area contributed by atoms with Gasteiger partial charge < -0.3 is 30.7 Å². The minimum absolute atomic E-state index is 0. The Morgan fingerprint density at radius 3 is 1.44 bits per heavy atom. The van der Waals surface area contributed by atoms with Crippen LogP contribution in [0.15, 0.2) is 148 Å². The first-order valence-electron chi connectivity index (χ1n) is 29.1. The summed E-state index contributed by atoms with van der Waals surface area (Å²) in [4.78, 5) is 13.4. The fourth-order valence-corrected chi connectivity index (χ4v) is 13.7. The Hall–Kier alpha value is -7.38. The minimum atomic E-state index is -3.70. The van der Waals surface area contributed by atoms with Gasteiger partial charge in [0.1, 0.15) is 35.4 Å². The van der Waals surface area contributed by atoms with Gasteiger partial charge in [-0.3, -0.25) is 29.4 Å². The third-order valence-electron chi connectivity index (χ3n) is 15.5. The van der Waals surface area contributed by atoms with Gasteiger partial charge in [0.15, 0.2) is 0 Å². The van der Waals surface area contributed by atoms with Crippen LogP contribution in [0.4, 0.5) is 11.4 Å². The van der Waals surface area contributed by atoms with Crippen molar-refractivity contribution >= 4 is 60.8 Å². The van der Waals surface area contributed by atoms with Gasteiger partial charge in [0.05, 0.1) is 46.3 Å². The number of anilines is 2. The molecule has 1 radical (unpaired) electrons. The predicted molar refractivity (Wildman–Crippen MR) is 347 cm³/mol. The van der Waals surface area contributed by atoms with Crippen LogP contribution in [0.25, 0.3) is 28.3 Å². The third-order valence-corrected chi connectivity index (χ3v) is 19.5. The SMILES string of the molecule is CC.CC.CN=C(C)N1CCC(Oc2ccc3c(c2)N(Cc2cccc(-c4cccc(C(=N)N)c4)c2)S(=O)(=O)C(C)=C3)CC1.CN=C(C)N1CCC(Oc2ccc3c(c2)N(Cc2cccc(-c4cccc(C(=N)N)c4)c2)S(=O)(=O)C(C)C3)CC1.[V]. The Morgan fingerprint density at radius 2 is 0.988 bits per heavy atom. The molecule has 6 N–H and O–H groups in total. The molecule has 0 bridgehead atoms. The molecule has 0 saturated carbocycles. The first kappa shape index (κ1) is 66.8. The molecule has 4 heterocycles. The molecular weight excluding hydrogens is 1140 g/mol. The molecule has 1 unspecified atom stereocenters. The van der Waals surface area contributed by atoms with E-state index in [1.54, 1.807) is 32.1 Å². The molecule has 16 nitrogen and oxygen atoms in total. The number of likely N-dealkylation sites (tertiary alicyclic amines) is 2. The van der Waals surface area contributed by atoms with E-state index in [9.17, 15) is 16.8 Å². The zero-order valence-electron chi connectivity index (χ0n) is 50.8. The summed E-state index contributed by atoms with van der Waals surface area (Å²) in [6.45, 7) is 19.4. The van der Waals surface area contributed by atoms with Gasteiger partial charge in [-0.05, 0) is 122 Å². The van der Waals surface area contributed by atoms with E-state index in [-0.39, 0.29) is 55.5 Å². The van der Waals surface area contributed by atoms with Crippen LogP contribution in [-0.2, 0) is 58.1 Å². The van der Waals surface area contributed by atoms with Crippen molar-refractivity contribution in [3.63, 3.8) is 0 Å². The normalized spacial score (nSPS) is 17.3. The van der Waals surface area contributed by atoms with Crippen LogP contribution in [0.3, 0.4) is 0 Å². The van der Waals surface area contributed by atoms with E-state index in [1.165, 1.54) is 8.61 Å². The Labute approximate surface area is 517 Å². The Morgan fingerprint density at radius 1 is 0.576 bits per heavy atom. The minimum Gasteiger partial charge on any atom is -0.490 e. The van der Waals surface area contributed by atoms with Crippen LogP contribution in [0.1, 0.15) is 114 Å². The molecule has 4 aliphatic heterocycles. The number of nitrogens with one attached hydrogen (secondary N) is 2. The van der Waals surface area contributed by atoms with Gasteiger partial charge in [0, 0.05) is 113 Å². The maximum atomic E-state index is 13.6. The molecule has 4 aliphatic rings. The van der Waals surface area contributed by atoms with Gasteiger partial charge in [0.2, 0.25) is 10.0 Å². The number of nitrogens with two attached hydrogens (primary N) is 2. The topological polar surface area (TPSA) is 224 Å². The number of hydrogen-bond acceptors (Lipinski definition) is 10. The summed E-state index contributed by atoms with van der Waals surface area (Å²) >= 11 is 0. The van der Waals surface area contributed by atoms with E-state index in [0.29, 0.717) is 45.3 Å². The Kier molecular flexibility index (Phi) is 23.7. The summed E-state index contributed by atoms with van der Waals surface area (Å²) in [5, 5.41) is 15.0. The van der Waals surface area contributed by atoms with E-state index < -0.39 is 25.3 Å². The van der Waals surface area contributed by atoms with Crippen molar-refractivity contribution in [2.75, 3.05) is 48.9 Å². The van der Waals surface area contributed by atoms with Gasteiger partial charge in [-0.15, -0.1) is 0 Å². The monoisotopic (exact) mass is 1230 g/mol. The number of benzene rings is 6. The number of rotatable bonds is 12. The molecule has 10 rings (SSSR count). The van der Waals surface area contributed by atoms with Crippen molar-refractivity contribution in [1.82, 2.24) is 9.80 Å². The van der Waals surface area contributed by atoms with Crippen LogP contribution in [-0.4, -0.2) is 108 Å². The second-order valence-electron chi connectivity index (χ2n) is 20.9. The first-order valence-corrected chi connectivity index (χ1v) is 32.0. The molecule has 6 aromatic rings. The standard InChI is InChI=1S/C31H37N5O3S.C31H35N5O3S.2C2H6.V/c2*1-21-16-26-10-11-29(39-28-12-14-35(15-13-28)22(2)34-3)19-30(26)36(40(21,37)38)20-23-6-4-7-24(17-23)25-8-5-9-27(18-25)31(32)33;2*1-2;/h4-11,17-19,21,28H,12-16,20H2,1-3H3,(H3,32,33);4-11,16-19,28H,12-15,20H2,1-3H3,(H3,32,33);2*1-2H3;. The number of ether oxygens (including phenoxy) is 2. The number of piperidine rings is 2. The van der Waals surface area contributed by atoms with Crippen LogP contribution in [0.2, 0.25) is 0 Å². The van der Waals surface area contributed by atoms with Gasteiger partial charge in [-0.1, -0.05) is 107 Å². The number of aliphatic imine (C=N–C) groups is 2. The molecule has 1 atom stereocenters. The zero-order valence-corrected chi connectivity index (χ0v) is 53.9. The number of nitrogen functional groups attached to an aromatic ring is 2. The van der Waals surface area contributed by atoms with Crippen LogP contribution >= 0.6 is 0 Å². The quantitative estimate of drug-likeness (QED) is 0.0670. The fourth-order valence-electron chi connectivity index (χ4n) is 10.7. The fraction of sp³-hybridized carbons (Fsp3) is 0.364. The summed E-state index contributed by atoms with van der Waals surface area (Å²) in [7, 11) is -3.65. The second-order valence-corrected chi connectivity index (χ2v) is 25.2. The predicted octanol–water partition coefficient (Wildman–Crippen LogP) is 12.1. The molecule has 85 heavy (non-hydrogen) atoms. The average Bonchev–Trinajstić information content (AvgIpc) is 2.95. The largest absolute Gasteiger partial charge is 0.490 e. The second kappa shape index (κ2) is 30.1. The maximum Gasteiger partial charge on any atom is 0.260 e. The molecule has 2 fully saturated rings. The number of amidine groups is 4. The summed E-state index contributed by atoms with van der Waals surface area (Å²) in [6.07, 6.45) is 5.87. The third kappa shape index (κ3) is 16.1. The van der Waals surface area contributed by atoms with Crippen molar-refractivity contribution in [3.8, 4) is 33.8 Å². The van der Waals surface area contributed by atoms with Gasteiger partial charge in [-0.2, -0.15) is 0 Å². The zero-order chi connectivity index (χ0) is 60.9. The summed E-state index contributed by atoms with van der Waals surface area (Å²) in [5.41, 5.74) is 21.2. The van der Waals surface area contributed by atoms with Crippen molar-refractivity contribution in [1.29, 1.82) is 10.8 Å². The molecule has 0 spiro atoms. The summed E-state index contributed by atoms with van der Waals surface area (Å²) in [6, 6.07) is 42.2. The van der Waals surface area contributed by atoms with Crippen LogP contribution in [0, 0.1) is 10.8 Å². The smallest absolute Gasteiger partial charge is 0.260 e. The molecule has 0 aliphatic carbocycles. The van der Waals surface area contributed by atoms with E-state index in [0.717, 1.165) is 108 Å². The molecule has 6 aromatic carbocycles. The van der Waals surface area contributed by atoms with Gasteiger partial charge >= 0.3 is 0 Å². The van der Waals surface area contributed by atoms with Gasteiger partial charge in [-0.25, -0.2) is 16.8 Å². The molecule has 19 heteroatoms. The van der Waals surface area contributed by atoms with Crippen LogP contribution in [0.5, 0.6) is 11.5 Å². The van der Waals surface area contributed by atoms with Crippen LogP contribution < -0.4 is 29.6 Å². The number of nitrogens with zero attached hydrogens (tertiary/aromatic N) is 6. The van der Waals surface area contributed by atoms with E-state index in [4.69, 9.17) is 31.8 Å². The molecule has 0 aromatic heterocycles. The van der Waals surface area contributed by atoms with Gasteiger partial charge in [0.25, 0.3) is 10.0 Å². The van der Waals surface area contributed by atoms with Crippen molar-refractivity contribution in [2.24, 2.45) is 21.5 Å². The summed E-state index contributed by atoms with van der Waals surface area (Å²) in [5.74, 6) is 3.45. The first-order chi connectivity index (χ1) is 40.3. The van der Waals surface area contributed by atoms with Crippen molar-refractivity contribution in [3.05, 3.63) is 172 Å². The molecule has 2 saturated heterocycles. The summed E-state index contributed by atoms with van der Waals surface area (Å²) < 4.78 is 70.1. The van der Waals surface area contributed by atoms with E-state index in [2.05, 4.69) is 19.8 Å². The maximum absolute atomic E-state index is 13.6.